The van der Waals surface area contributed by atoms with Crippen LogP contribution in [0, 0.1) is 6.92 Å². The molecule has 0 saturated heterocycles. The van der Waals surface area contributed by atoms with Crippen molar-refractivity contribution in [3.63, 3.8) is 0 Å². The van der Waals surface area contributed by atoms with Crippen LogP contribution in [0.1, 0.15) is 30.0 Å². The molecule has 0 spiro atoms. The molecule has 1 unspecified atom stereocenters. The molecule has 132 valence electrons. The van der Waals surface area contributed by atoms with Crippen molar-refractivity contribution < 1.29 is 19.8 Å². The zero-order valence-electron chi connectivity index (χ0n) is 14.1. The Labute approximate surface area is 151 Å². The van der Waals surface area contributed by atoms with Crippen molar-refractivity contribution in [3.05, 3.63) is 64.2 Å². The number of aryl methyl sites for hydroxylation is 1. The van der Waals surface area contributed by atoms with Crippen LogP contribution in [0.5, 0.6) is 5.75 Å². The molecule has 0 aromatic heterocycles. The number of hydrogen-bond donors (Lipinski definition) is 2. The van der Waals surface area contributed by atoms with Gasteiger partial charge in [0.1, 0.15) is 5.75 Å². The van der Waals surface area contributed by atoms with Gasteiger partial charge in [-0.05, 0) is 48.2 Å². The lowest BCUT2D eigenvalue weighted by atomic mass is 10.0. The van der Waals surface area contributed by atoms with Gasteiger partial charge in [-0.1, -0.05) is 47.9 Å². The minimum atomic E-state index is -0.983. The summed E-state index contributed by atoms with van der Waals surface area (Å²) in [6.45, 7) is 3.62. The summed E-state index contributed by atoms with van der Waals surface area (Å²) in [5.74, 6) is -0.449. The highest BCUT2D eigenvalue weighted by atomic mass is 35.5. The Morgan fingerprint density at radius 3 is 2.44 bits per heavy atom. The maximum atomic E-state index is 11.1. The Bertz CT molecular complexity index is 771. The maximum absolute atomic E-state index is 11.1. The van der Waals surface area contributed by atoms with Gasteiger partial charge in [-0.25, -0.2) is 4.79 Å². The molecule has 2 aromatic carbocycles. The van der Waals surface area contributed by atoms with E-state index >= 15 is 0 Å². The van der Waals surface area contributed by atoms with E-state index in [-0.39, 0.29) is 0 Å². The lowest BCUT2D eigenvalue weighted by Crippen LogP contribution is -2.26. The second-order valence-corrected chi connectivity index (χ2v) is 6.12. The summed E-state index contributed by atoms with van der Waals surface area (Å²) in [5.41, 5.74) is 3.05. The Morgan fingerprint density at radius 1 is 1.24 bits per heavy atom. The molecule has 0 aliphatic rings. The number of carboxylic acid groups (broad SMARTS) is 1. The van der Waals surface area contributed by atoms with Crippen LogP contribution in [0.15, 0.2) is 47.6 Å². The Hall–Kier alpha value is -2.53. The second kappa shape index (κ2) is 8.53. The summed E-state index contributed by atoms with van der Waals surface area (Å²) in [6.07, 6.45) is -0.0581. The molecular formula is C19H20ClNO4. The fraction of sp³-hybridized carbons (Fsp3) is 0.263. The van der Waals surface area contributed by atoms with Crippen LogP contribution in [-0.2, 0) is 11.2 Å². The first-order chi connectivity index (χ1) is 11.9. The largest absolute Gasteiger partial charge is 0.479 e. The van der Waals surface area contributed by atoms with E-state index in [1.807, 2.05) is 19.1 Å². The molecular weight excluding hydrogens is 342 g/mol. The topological polar surface area (TPSA) is 79.1 Å². The highest BCUT2D eigenvalue weighted by Crippen LogP contribution is 2.22. The molecule has 0 fully saturated rings. The van der Waals surface area contributed by atoms with Gasteiger partial charge < -0.3 is 15.1 Å². The summed E-state index contributed by atoms with van der Waals surface area (Å²) >= 11 is 5.88. The molecule has 0 saturated carbocycles. The van der Waals surface area contributed by atoms with Crippen LogP contribution < -0.4 is 4.74 Å². The highest BCUT2D eigenvalue weighted by molar-refractivity contribution is 6.30. The predicted molar refractivity (Wildman–Crippen MR) is 97.0 cm³/mol. The van der Waals surface area contributed by atoms with E-state index in [4.69, 9.17) is 21.4 Å². The monoisotopic (exact) mass is 361 g/mol. The molecule has 5 nitrogen and oxygen atoms in total. The second-order valence-electron chi connectivity index (χ2n) is 5.68. The van der Waals surface area contributed by atoms with Crippen LogP contribution in [-0.4, -0.2) is 28.1 Å². The number of hydrogen-bond acceptors (Lipinski definition) is 4. The summed E-state index contributed by atoms with van der Waals surface area (Å²) in [5, 5.41) is 22.4. The smallest absolute Gasteiger partial charge is 0.344 e. The van der Waals surface area contributed by atoms with Gasteiger partial charge in [0.15, 0.2) is 6.10 Å². The first kappa shape index (κ1) is 18.8. The molecule has 0 aliphatic heterocycles. The number of aliphatic carboxylic acids is 1. The van der Waals surface area contributed by atoms with Gasteiger partial charge in [0, 0.05) is 11.4 Å². The van der Waals surface area contributed by atoms with E-state index in [0.717, 1.165) is 16.7 Å². The zero-order chi connectivity index (χ0) is 18.4. The van der Waals surface area contributed by atoms with Crippen molar-refractivity contribution in [3.8, 4) is 5.75 Å². The number of oxime groups is 1. The van der Waals surface area contributed by atoms with Crippen molar-refractivity contribution in [2.45, 2.75) is 32.8 Å². The Morgan fingerprint density at radius 2 is 1.92 bits per heavy atom. The van der Waals surface area contributed by atoms with Crippen molar-refractivity contribution in [2.24, 2.45) is 5.16 Å². The molecule has 1 atom stereocenters. The first-order valence-electron chi connectivity index (χ1n) is 7.90. The molecule has 2 aromatic rings. The number of nitrogens with zero attached hydrogens (tertiary/aromatic N) is 1. The van der Waals surface area contributed by atoms with Gasteiger partial charge >= 0.3 is 5.97 Å². The number of carbonyl (C=O) groups is 1. The highest BCUT2D eigenvalue weighted by Gasteiger charge is 2.18. The Kier molecular flexibility index (Phi) is 6.42. The minimum Gasteiger partial charge on any atom is -0.479 e. The van der Waals surface area contributed by atoms with Gasteiger partial charge in [-0.2, -0.15) is 0 Å². The third-order valence-corrected chi connectivity index (χ3v) is 4.08. The zero-order valence-corrected chi connectivity index (χ0v) is 14.8. The third kappa shape index (κ3) is 4.97. The molecule has 2 rings (SSSR count). The van der Waals surface area contributed by atoms with Crippen molar-refractivity contribution in [1.29, 1.82) is 0 Å². The molecule has 0 heterocycles. The Balaban J connectivity index is 2.16. The fourth-order valence-corrected chi connectivity index (χ4v) is 2.57. The van der Waals surface area contributed by atoms with Crippen LogP contribution in [0.4, 0.5) is 0 Å². The van der Waals surface area contributed by atoms with Gasteiger partial charge in [0.25, 0.3) is 0 Å². The van der Waals surface area contributed by atoms with Crippen molar-refractivity contribution in [2.75, 3.05) is 0 Å². The van der Waals surface area contributed by atoms with Crippen LogP contribution in [0.25, 0.3) is 0 Å². The van der Waals surface area contributed by atoms with Gasteiger partial charge in [-0.15, -0.1) is 0 Å². The minimum absolute atomic E-state index is 0.383. The van der Waals surface area contributed by atoms with Crippen LogP contribution in [0.3, 0.4) is 0 Å². The number of carboxylic acids is 1. The van der Waals surface area contributed by atoms with E-state index in [0.29, 0.717) is 29.3 Å². The average Bonchev–Trinajstić information content (AvgIpc) is 2.59. The lowest BCUT2D eigenvalue weighted by molar-refractivity contribution is -0.145. The number of benzene rings is 2. The molecule has 0 radical (unpaired) electrons. The number of halogens is 1. The standard InChI is InChI=1S/C19H20ClNO4/c1-3-17(19(22)23)25-18-9-4-13(10-12(18)2)11-16(21-24)14-5-7-15(20)8-6-14/h4-10,17,24H,3,11H2,1-2H3,(H,22,23). The average molecular weight is 362 g/mol. The van der Waals surface area contributed by atoms with E-state index in [1.165, 1.54) is 0 Å². The normalized spacial score (nSPS) is 12.7. The third-order valence-electron chi connectivity index (χ3n) is 3.82. The predicted octanol–water partition coefficient (Wildman–Crippen LogP) is 4.31. The fourth-order valence-electron chi connectivity index (χ4n) is 2.45. The molecule has 0 aliphatic carbocycles. The van der Waals surface area contributed by atoms with Crippen LogP contribution >= 0.6 is 11.6 Å². The quantitative estimate of drug-likeness (QED) is 0.437. The molecule has 2 N–H and O–H groups in total. The van der Waals surface area contributed by atoms with Crippen LogP contribution in [0.2, 0.25) is 5.02 Å². The van der Waals surface area contributed by atoms with E-state index in [1.54, 1.807) is 37.3 Å². The number of rotatable bonds is 7. The first-order valence-corrected chi connectivity index (χ1v) is 8.28. The maximum Gasteiger partial charge on any atom is 0.344 e. The van der Waals surface area contributed by atoms with Crippen molar-refractivity contribution >= 4 is 23.3 Å². The summed E-state index contributed by atoms with van der Waals surface area (Å²) in [7, 11) is 0. The summed E-state index contributed by atoms with van der Waals surface area (Å²) < 4.78 is 5.55. The summed E-state index contributed by atoms with van der Waals surface area (Å²) in [4.78, 5) is 11.1. The van der Waals surface area contributed by atoms with Crippen molar-refractivity contribution in [1.82, 2.24) is 0 Å². The lowest BCUT2D eigenvalue weighted by Gasteiger charge is -2.16. The SMILES string of the molecule is CCC(Oc1ccc(CC(=NO)c2ccc(Cl)cc2)cc1C)C(=O)O. The van der Waals surface area contributed by atoms with E-state index in [2.05, 4.69) is 5.16 Å². The molecule has 6 heteroatoms. The van der Waals surface area contributed by atoms with E-state index in [9.17, 15) is 10.0 Å². The molecule has 0 amide bonds. The summed E-state index contributed by atoms with van der Waals surface area (Å²) in [6, 6.07) is 12.5. The van der Waals surface area contributed by atoms with Gasteiger partial charge in [0.2, 0.25) is 0 Å². The van der Waals surface area contributed by atoms with Gasteiger partial charge in [0.05, 0.1) is 5.71 Å². The number of ether oxygens (including phenoxy) is 1. The van der Waals surface area contributed by atoms with E-state index < -0.39 is 12.1 Å². The van der Waals surface area contributed by atoms with Gasteiger partial charge in [-0.3, -0.25) is 0 Å². The molecule has 25 heavy (non-hydrogen) atoms. The molecule has 0 bridgehead atoms.